The predicted molar refractivity (Wildman–Crippen MR) is 91.1 cm³/mol. The molecule has 0 fully saturated rings. The molecular formula is C17H22N2O3S. The third-order valence-electron chi connectivity index (χ3n) is 3.72. The first-order valence-electron chi connectivity index (χ1n) is 7.47. The van der Waals surface area contributed by atoms with Gasteiger partial charge in [0.1, 0.15) is 5.75 Å². The molecule has 0 aliphatic carbocycles. The Morgan fingerprint density at radius 3 is 2.52 bits per heavy atom. The lowest BCUT2D eigenvalue weighted by atomic mass is 10.2. The van der Waals surface area contributed by atoms with E-state index in [9.17, 15) is 8.42 Å². The van der Waals surface area contributed by atoms with Crippen molar-refractivity contribution in [3.05, 3.63) is 59.9 Å². The van der Waals surface area contributed by atoms with Crippen LogP contribution in [0.15, 0.2) is 48.8 Å². The summed E-state index contributed by atoms with van der Waals surface area (Å²) in [7, 11) is -0.0443. The molecule has 0 N–H and O–H groups in total. The van der Waals surface area contributed by atoms with Crippen molar-refractivity contribution < 1.29 is 13.2 Å². The molecule has 0 atom stereocenters. The average Bonchev–Trinajstić information content (AvgIpc) is 2.59. The van der Waals surface area contributed by atoms with E-state index in [0.717, 1.165) is 16.9 Å². The number of aryl methyl sites for hydroxylation is 1. The second kappa shape index (κ2) is 8.08. The van der Waals surface area contributed by atoms with Crippen LogP contribution in [0.3, 0.4) is 0 Å². The fourth-order valence-corrected chi connectivity index (χ4v) is 3.38. The Bertz CT molecular complexity index is 718. The van der Waals surface area contributed by atoms with Gasteiger partial charge in [-0.25, -0.2) is 12.7 Å². The number of benzene rings is 1. The molecular weight excluding hydrogens is 312 g/mol. The van der Waals surface area contributed by atoms with Gasteiger partial charge in [0.25, 0.3) is 0 Å². The Kier molecular flexibility index (Phi) is 6.12. The molecule has 0 amide bonds. The van der Waals surface area contributed by atoms with E-state index in [1.54, 1.807) is 26.6 Å². The Morgan fingerprint density at radius 1 is 1.09 bits per heavy atom. The minimum absolute atomic E-state index is 0.0903. The summed E-state index contributed by atoms with van der Waals surface area (Å²) >= 11 is 0. The zero-order valence-electron chi connectivity index (χ0n) is 13.5. The molecule has 5 nitrogen and oxygen atoms in total. The third kappa shape index (κ3) is 5.33. The van der Waals surface area contributed by atoms with E-state index in [0.29, 0.717) is 19.4 Å². The van der Waals surface area contributed by atoms with Crippen molar-refractivity contribution in [3.8, 4) is 5.75 Å². The first-order valence-corrected chi connectivity index (χ1v) is 9.08. The first kappa shape index (κ1) is 17.4. The molecule has 1 aromatic heterocycles. The van der Waals surface area contributed by atoms with Gasteiger partial charge in [0.15, 0.2) is 0 Å². The summed E-state index contributed by atoms with van der Waals surface area (Å²) in [5.41, 5.74) is 2.03. The lowest BCUT2D eigenvalue weighted by molar-refractivity contribution is 0.414. The van der Waals surface area contributed by atoms with Crippen molar-refractivity contribution in [3.63, 3.8) is 0 Å². The number of rotatable bonds is 8. The molecule has 0 spiro atoms. The van der Waals surface area contributed by atoms with Crippen molar-refractivity contribution in [1.82, 2.24) is 9.29 Å². The molecule has 0 saturated heterocycles. The number of ether oxygens (including phenoxy) is 1. The highest BCUT2D eigenvalue weighted by Crippen LogP contribution is 2.14. The highest BCUT2D eigenvalue weighted by atomic mass is 32.2. The standard InChI is InChI=1S/C17H22N2O3S/c1-19(12-8-15-6-10-18-11-7-15)23(20,21)13-9-16-4-3-5-17(14-16)22-2/h3-7,10-11,14H,8-9,12-13H2,1-2H3. The first-order chi connectivity index (χ1) is 11.0. The quantitative estimate of drug-likeness (QED) is 0.742. The molecule has 1 heterocycles. The van der Waals surface area contributed by atoms with Gasteiger partial charge >= 0.3 is 0 Å². The summed E-state index contributed by atoms with van der Waals surface area (Å²) in [4.78, 5) is 3.96. The molecule has 0 bridgehead atoms. The van der Waals surface area contributed by atoms with Gasteiger partial charge in [-0.2, -0.15) is 0 Å². The number of likely N-dealkylation sites (N-methyl/N-ethyl adjacent to an activating group) is 1. The summed E-state index contributed by atoms with van der Waals surface area (Å²) in [6.07, 6.45) is 4.58. The highest BCUT2D eigenvalue weighted by Gasteiger charge is 2.17. The lowest BCUT2D eigenvalue weighted by Gasteiger charge is -2.17. The van der Waals surface area contributed by atoms with Gasteiger partial charge < -0.3 is 4.74 Å². The number of pyridine rings is 1. The summed E-state index contributed by atoms with van der Waals surface area (Å²) in [6, 6.07) is 11.3. The van der Waals surface area contributed by atoms with Crippen molar-refractivity contribution >= 4 is 10.0 Å². The number of nitrogens with zero attached hydrogens (tertiary/aromatic N) is 2. The van der Waals surface area contributed by atoms with E-state index < -0.39 is 10.0 Å². The highest BCUT2D eigenvalue weighted by molar-refractivity contribution is 7.89. The van der Waals surface area contributed by atoms with Crippen molar-refractivity contribution in [2.45, 2.75) is 12.8 Å². The number of hydrogen-bond acceptors (Lipinski definition) is 4. The fourth-order valence-electron chi connectivity index (χ4n) is 2.21. The number of hydrogen-bond donors (Lipinski definition) is 0. The van der Waals surface area contributed by atoms with E-state index in [2.05, 4.69) is 4.98 Å². The molecule has 2 rings (SSSR count). The van der Waals surface area contributed by atoms with Crippen molar-refractivity contribution in [1.29, 1.82) is 0 Å². The Labute approximate surface area is 138 Å². The molecule has 124 valence electrons. The van der Waals surface area contributed by atoms with Gasteiger partial charge in [-0.15, -0.1) is 0 Å². The minimum Gasteiger partial charge on any atom is -0.497 e. The van der Waals surface area contributed by atoms with Crippen LogP contribution in [0.5, 0.6) is 5.75 Å². The summed E-state index contributed by atoms with van der Waals surface area (Å²) in [5.74, 6) is 0.832. The lowest BCUT2D eigenvalue weighted by Crippen LogP contribution is -2.31. The maximum Gasteiger partial charge on any atom is 0.214 e. The summed E-state index contributed by atoms with van der Waals surface area (Å²) in [6.45, 7) is 0.463. The number of aromatic nitrogens is 1. The van der Waals surface area contributed by atoms with Crippen LogP contribution in [0.1, 0.15) is 11.1 Å². The molecule has 0 aliphatic rings. The van der Waals surface area contributed by atoms with Crippen LogP contribution < -0.4 is 4.74 Å². The molecule has 2 aromatic rings. The molecule has 6 heteroatoms. The molecule has 0 aliphatic heterocycles. The second-order valence-electron chi connectivity index (χ2n) is 5.34. The zero-order valence-corrected chi connectivity index (χ0v) is 14.3. The third-order valence-corrected chi connectivity index (χ3v) is 5.57. The Hall–Kier alpha value is -1.92. The Morgan fingerprint density at radius 2 is 1.83 bits per heavy atom. The maximum absolute atomic E-state index is 12.4. The van der Waals surface area contributed by atoms with Crippen LogP contribution in [0.4, 0.5) is 0 Å². The van der Waals surface area contributed by atoms with Gasteiger partial charge in [0.2, 0.25) is 10.0 Å². The molecule has 23 heavy (non-hydrogen) atoms. The van der Waals surface area contributed by atoms with Crippen molar-refractivity contribution in [2.75, 3.05) is 26.5 Å². The molecule has 1 aromatic carbocycles. The van der Waals surface area contributed by atoms with Gasteiger partial charge in [-0.3, -0.25) is 4.98 Å². The average molecular weight is 334 g/mol. The summed E-state index contributed by atoms with van der Waals surface area (Å²) < 4.78 is 31.3. The van der Waals surface area contributed by atoms with Crippen LogP contribution in [0.2, 0.25) is 0 Å². The topological polar surface area (TPSA) is 59.5 Å². The SMILES string of the molecule is COc1cccc(CCS(=O)(=O)N(C)CCc2ccncc2)c1. The largest absolute Gasteiger partial charge is 0.497 e. The molecule has 0 radical (unpaired) electrons. The van der Waals surface area contributed by atoms with Gasteiger partial charge in [0.05, 0.1) is 12.9 Å². The Balaban J connectivity index is 1.89. The van der Waals surface area contributed by atoms with Crippen LogP contribution in [0, 0.1) is 0 Å². The van der Waals surface area contributed by atoms with E-state index in [-0.39, 0.29) is 5.75 Å². The van der Waals surface area contributed by atoms with Crippen LogP contribution >= 0.6 is 0 Å². The number of methoxy groups -OCH3 is 1. The predicted octanol–water partition coefficient (Wildman–Crippen LogP) is 2.14. The fraction of sp³-hybridized carbons (Fsp3) is 0.353. The smallest absolute Gasteiger partial charge is 0.214 e. The second-order valence-corrected chi connectivity index (χ2v) is 7.54. The van der Waals surface area contributed by atoms with Crippen LogP contribution in [-0.2, 0) is 22.9 Å². The van der Waals surface area contributed by atoms with E-state index in [1.807, 2.05) is 36.4 Å². The minimum atomic E-state index is -3.27. The zero-order chi connectivity index (χ0) is 16.7. The monoisotopic (exact) mass is 334 g/mol. The molecule has 0 unspecified atom stereocenters. The normalized spacial score (nSPS) is 11.6. The molecule has 0 saturated carbocycles. The van der Waals surface area contributed by atoms with Gasteiger partial charge in [0, 0.05) is 26.0 Å². The van der Waals surface area contributed by atoms with Gasteiger partial charge in [-0.05, 0) is 48.2 Å². The van der Waals surface area contributed by atoms with E-state index in [1.165, 1.54) is 4.31 Å². The van der Waals surface area contributed by atoms with Crippen molar-refractivity contribution in [2.24, 2.45) is 0 Å². The number of sulfonamides is 1. The van der Waals surface area contributed by atoms with Gasteiger partial charge in [-0.1, -0.05) is 12.1 Å². The maximum atomic E-state index is 12.4. The van der Waals surface area contributed by atoms with Crippen LogP contribution in [0.25, 0.3) is 0 Å². The van der Waals surface area contributed by atoms with E-state index >= 15 is 0 Å². The van der Waals surface area contributed by atoms with Crippen LogP contribution in [-0.4, -0.2) is 44.2 Å². The van der Waals surface area contributed by atoms with E-state index in [4.69, 9.17) is 4.74 Å². The summed E-state index contributed by atoms with van der Waals surface area (Å²) in [5, 5.41) is 0.